The van der Waals surface area contributed by atoms with Gasteiger partial charge in [-0.1, -0.05) is 64.6 Å². The SMILES string of the molecule is COc1c(Cl)cc(C)cc1/C(O)=C1\C(=O)C(=O)N(c2cc(Cl)cc(Cl)c2)C1c1cccc(C)c1. The van der Waals surface area contributed by atoms with Gasteiger partial charge in [-0.15, -0.1) is 0 Å². The number of methoxy groups -OCH3 is 1. The Hall–Kier alpha value is -2.99. The molecule has 0 aliphatic carbocycles. The molecule has 0 bridgehead atoms. The van der Waals surface area contributed by atoms with Gasteiger partial charge in [0.25, 0.3) is 11.7 Å². The van der Waals surface area contributed by atoms with Gasteiger partial charge < -0.3 is 9.84 Å². The number of carbonyl (C=O) groups excluding carboxylic acids is 2. The minimum absolute atomic E-state index is 0.0911. The number of rotatable bonds is 4. The summed E-state index contributed by atoms with van der Waals surface area (Å²) in [5, 5.41) is 12.3. The second kappa shape index (κ2) is 9.34. The molecule has 1 unspecified atom stereocenters. The number of aliphatic hydroxyl groups excluding tert-OH is 1. The van der Waals surface area contributed by atoms with Crippen LogP contribution in [0.15, 0.2) is 60.2 Å². The third-order valence-corrected chi connectivity index (χ3v) is 6.29. The first-order chi connectivity index (χ1) is 16.1. The lowest BCUT2D eigenvalue weighted by molar-refractivity contribution is -0.132. The topological polar surface area (TPSA) is 66.8 Å². The van der Waals surface area contributed by atoms with Crippen molar-refractivity contribution in [2.45, 2.75) is 19.9 Å². The number of nitrogens with zero attached hydrogens (tertiary/aromatic N) is 1. The summed E-state index contributed by atoms with van der Waals surface area (Å²) in [5.41, 5.74) is 2.76. The van der Waals surface area contributed by atoms with Crippen molar-refractivity contribution in [2.24, 2.45) is 0 Å². The zero-order valence-electron chi connectivity index (χ0n) is 18.5. The first kappa shape index (κ1) is 24.1. The molecule has 1 amide bonds. The van der Waals surface area contributed by atoms with Crippen LogP contribution in [0.4, 0.5) is 5.69 Å². The Balaban J connectivity index is 2.04. The maximum Gasteiger partial charge on any atom is 0.300 e. The van der Waals surface area contributed by atoms with E-state index in [1.807, 2.05) is 25.1 Å². The summed E-state index contributed by atoms with van der Waals surface area (Å²) < 4.78 is 5.41. The van der Waals surface area contributed by atoms with E-state index >= 15 is 0 Å². The molecule has 1 aliphatic heterocycles. The van der Waals surface area contributed by atoms with Gasteiger partial charge in [-0.3, -0.25) is 14.5 Å². The number of benzene rings is 3. The highest BCUT2D eigenvalue weighted by atomic mass is 35.5. The minimum Gasteiger partial charge on any atom is -0.507 e. The standard InChI is InChI=1S/C26H20Cl3NO4/c1-13-5-4-6-15(7-13)22-21(23(31)19-8-14(2)9-20(29)25(19)34-3)24(32)26(33)30(22)18-11-16(27)10-17(28)12-18/h4-12,22,31H,1-3H3/b23-21+. The van der Waals surface area contributed by atoms with E-state index in [1.54, 1.807) is 37.3 Å². The number of aliphatic hydroxyl groups is 1. The van der Waals surface area contributed by atoms with Crippen molar-refractivity contribution in [1.29, 1.82) is 0 Å². The van der Waals surface area contributed by atoms with Gasteiger partial charge in [0.1, 0.15) is 11.5 Å². The van der Waals surface area contributed by atoms with Crippen LogP contribution in [0.5, 0.6) is 5.75 Å². The van der Waals surface area contributed by atoms with Crippen LogP contribution in [0.2, 0.25) is 15.1 Å². The molecule has 1 aliphatic rings. The molecule has 1 saturated heterocycles. The Morgan fingerprint density at radius 1 is 0.941 bits per heavy atom. The maximum atomic E-state index is 13.4. The Kier molecular flexibility index (Phi) is 6.63. The average Bonchev–Trinajstić information content (AvgIpc) is 3.03. The summed E-state index contributed by atoms with van der Waals surface area (Å²) in [7, 11) is 1.41. The smallest absolute Gasteiger partial charge is 0.300 e. The largest absolute Gasteiger partial charge is 0.507 e. The highest BCUT2D eigenvalue weighted by Gasteiger charge is 2.47. The van der Waals surface area contributed by atoms with Gasteiger partial charge in [0.2, 0.25) is 0 Å². The lowest BCUT2D eigenvalue weighted by Crippen LogP contribution is -2.29. The van der Waals surface area contributed by atoms with Crippen LogP contribution in [0, 0.1) is 13.8 Å². The fourth-order valence-electron chi connectivity index (χ4n) is 4.19. The summed E-state index contributed by atoms with van der Waals surface area (Å²) in [5.74, 6) is -1.85. The summed E-state index contributed by atoms with van der Waals surface area (Å²) in [6, 6.07) is 14.4. The van der Waals surface area contributed by atoms with E-state index in [9.17, 15) is 14.7 Å². The summed E-state index contributed by atoms with van der Waals surface area (Å²) in [6.45, 7) is 3.70. The highest BCUT2D eigenvalue weighted by Crippen LogP contribution is 2.45. The molecular formula is C26H20Cl3NO4. The lowest BCUT2D eigenvalue weighted by atomic mass is 9.93. The quantitative estimate of drug-likeness (QED) is 0.233. The third kappa shape index (κ3) is 4.27. The van der Waals surface area contributed by atoms with E-state index in [4.69, 9.17) is 39.5 Å². The van der Waals surface area contributed by atoms with Crippen LogP contribution in [0.1, 0.15) is 28.3 Å². The number of amides is 1. The van der Waals surface area contributed by atoms with Crippen molar-refractivity contribution < 1.29 is 19.4 Å². The van der Waals surface area contributed by atoms with Crippen molar-refractivity contribution in [3.05, 3.63) is 97.5 Å². The number of carbonyl (C=O) groups is 2. The molecule has 0 saturated carbocycles. The van der Waals surface area contributed by atoms with Crippen molar-refractivity contribution in [2.75, 3.05) is 12.0 Å². The van der Waals surface area contributed by atoms with Crippen molar-refractivity contribution in [3.8, 4) is 5.75 Å². The van der Waals surface area contributed by atoms with E-state index in [0.717, 1.165) is 11.1 Å². The lowest BCUT2D eigenvalue weighted by Gasteiger charge is -2.26. The zero-order chi connectivity index (χ0) is 24.7. The van der Waals surface area contributed by atoms with Crippen LogP contribution in [-0.2, 0) is 9.59 Å². The van der Waals surface area contributed by atoms with Gasteiger partial charge in [0.05, 0.1) is 29.3 Å². The number of halogens is 3. The second-order valence-electron chi connectivity index (χ2n) is 8.04. The van der Waals surface area contributed by atoms with E-state index in [1.165, 1.54) is 18.1 Å². The predicted molar refractivity (Wildman–Crippen MR) is 135 cm³/mol. The summed E-state index contributed by atoms with van der Waals surface area (Å²) >= 11 is 18.7. The van der Waals surface area contributed by atoms with Crippen LogP contribution >= 0.6 is 34.8 Å². The van der Waals surface area contributed by atoms with Gasteiger partial charge in [0, 0.05) is 15.7 Å². The molecule has 1 N–H and O–H groups in total. The number of Topliss-reactive ketones (excluding diaryl/α,β-unsaturated/α-hetero) is 1. The molecule has 174 valence electrons. The summed E-state index contributed by atoms with van der Waals surface area (Å²) in [6.07, 6.45) is 0. The number of ether oxygens (including phenoxy) is 1. The highest BCUT2D eigenvalue weighted by molar-refractivity contribution is 6.52. The van der Waals surface area contributed by atoms with Gasteiger partial charge in [-0.2, -0.15) is 0 Å². The third-order valence-electron chi connectivity index (χ3n) is 5.57. The van der Waals surface area contributed by atoms with E-state index < -0.39 is 17.7 Å². The molecule has 0 radical (unpaired) electrons. The first-order valence-corrected chi connectivity index (χ1v) is 11.4. The number of hydrogen-bond acceptors (Lipinski definition) is 4. The molecule has 1 atom stereocenters. The fourth-order valence-corrected chi connectivity index (χ4v) is 5.06. The fraction of sp³-hybridized carbons (Fsp3) is 0.154. The molecule has 4 rings (SSSR count). The van der Waals surface area contributed by atoms with Gasteiger partial charge in [-0.25, -0.2) is 0 Å². The summed E-state index contributed by atoms with van der Waals surface area (Å²) in [4.78, 5) is 28.0. The van der Waals surface area contributed by atoms with Gasteiger partial charge >= 0.3 is 0 Å². The molecule has 5 nitrogen and oxygen atoms in total. The predicted octanol–water partition coefficient (Wildman–Crippen LogP) is 6.90. The normalized spacial score (nSPS) is 17.4. The van der Waals surface area contributed by atoms with Crippen LogP contribution in [0.25, 0.3) is 5.76 Å². The molecule has 1 heterocycles. The van der Waals surface area contributed by atoms with E-state index in [2.05, 4.69) is 0 Å². The molecule has 3 aromatic carbocycles. The van der Waals surface area contributed by atoms with Crippen LogP contribution in [0.3, 0.4) is 0 Å². The van der Waals surface area contributed by atoms with Crippen LogP contribution < -0.4 is 9.64 Å². The van der Waals surface area contributed by atoms with E-state index in [0.29, 0.717) is 21.3 Å². The number of anilines is 1. The Labute approximate surface area is 212 Å². The van der Waals surface area contributed by atoms with Crippen molar-refractivity contribution in [3.63, 3.8) is 0 Å². The molecule has 34 heavy (non-hydrogen) atoms. The second-order valence-corrected chi connectivity index (χ2v) is 9.32. The maximum absolute atomic E-state index is 13.4. The van der Waals surface area contributed by atoms with Gasteiger partial charge in [-0.05, 0) is 55.3 Å². The van der Waals surface area contributed by atoms with E-state index in [-0.39, 0.29) is 27.7 Å². The number of ketones is 1. The molecule has 1 fully saturated rings. The molecular weight excluding hydrogens is 497 g/mol. The minimum atomic E-state index is -0.932. The Morgan fingerprint density at radius 2 is 1.62 bits per heavy atom. The zero-order valence-corrected chi connectivity index (χ0v) is 20.8. The Morgan fingerprint density at radius 3 is 2.24 bits per heavy atom. The number of hydrogen-bond donors (Lipinski definition) is 1. The molecule has 0 spiro atoms. The van der Waals surface area contributed by atoms with Gasteiger partial charge in [0.15, 0.2) is 0 Å². The molecule has 8 heteroatoms. The molecule has 3 aromatic rings. The van der Waals surface area contributed by atoms with Crippen molar-refractivity contribution in [1.82, 2.24) is 0 Å². The molecule has 0 aromatic heterocycles. The number of aryl methyl sites for hydroxylation is 2. The monoisotopic (exact) mass is 515 g/mol. The average molecular weight is 517 g/mol. The first-order valence-electron chi connectivity index (χ1n) is 10.3. The van der Waals surface area contributed by atoms with Crippen molar-refractivity contribution >= 4 is 57.9 Å². The van der Waals surface area contributed by atoms with Crippen LogP contribution in [-0.4, -0.2) is 23.9 Å². The Bertz CT molecular complexity index is 1350.